The van der Waals surface area contributed by atoms with E-state index in [0.29, 0.717) is 0 Å². The molecule has 3 saturated heterocycles. The maximum Gasteiger partial charge on any atom is 0.187 e. The first-order valence-electron chi connectivity index (χ1n) is 9.40. The summed E-state index contributed by atoms with van der Waals surface area (Å²) in [6.07, 6.45) is -20.2. The summed E-state index contributed by atoms with van der Waals surface area (Å²) in [6.45, 7) is -1.47. The molecule has 0 aliphatic carbocycles. The second-order valence-electron chi connectivity index (χ2n) is 7.44. The van der Waals surface area contributed by atoms with Crippen molar-refractivity contribution in [1.82, 2.24) is 0 Å². The molecular formula is C16H28O14. The van der Waals surface area contributed by atoms with Crippen LogP contribution < -0.4 is 0 Å². The highest BCUT2D eigenvalue weighted by Crippen LogP contribution is 2.30. The largest absolute Gasteiger partial charge is 0.394 e. The molecule has 0 saturated carbocycles. The molecule has 3 rings (SSSR count). The summed E-state index contributed by atoms with van der Waals surface area (Å²) in [5, 5.41) is 88.6. The standard InChI is InChI=1S/C16H28O14/c17-1-5-8(20)10(22)13(30-15-12(24)7(19)4(18)2-27-15)16(28-5)29-6-3-26-14(25)11(23)9(6)21/h4-25H,1-3H2/t4-,5-,6+,7+,8-,9+,10+,11-,12-,13-,14-,15+,16+/m1/s1. The molecule has 0 aromatic carbocycles. The molecule has 14 nitrogen and oxygen atoms in total. The Kier molecular flexibility index (Phi) is 7.97. The highest BCUT2D eigenvalue weighted by Gasteiger charge is 2.51. The van der Waals surface area contributed by atoms with Gasteiger partial charge >= 0.3 is 0 Å². The summed E-state index contributed by atoms with van der Waals surface area (Å²) < 4.78 is 26.4. The van der Waals surface area contributed by atoms with Crippen LogP contribution in [-0.4, -0.2) is 146 Å². The van der Waals surface area contributed by atoms with E-state index in [9.17, 15) is 46.0 Å². The average molecular weight is 444 g/mol. The predicted octanol–water partition coefficient (Wildman–Crippen LogP) is -6.29. The lowest BCUT2D eigenvalue weighted by Gasteiger charge is -2.46. The molecule has 0 radical (unpaired) electrons. The van der Waals surface area contributed by atoms with E-state index in [-0.39, 0.29) is 13.2 Å². The monoisotopic (exact) mass is 444 g/mol. The second-order valence-corrected chi connectivity index (χ2v) is 7.44. The summed E-state index contributed by atoms with van der Waals surface area (Å²) in [4.78, 5) is 0. The minimum Gasteiger partial charge on any atom is -0.394 e. The third kappa shape index (κ3) is 4.77. The predicted molar refractivity (Wildman–Crippen MR) is 89.2 cm³/mol. The van der Waals surface area contributed by atoms with Gasteiger partial charge in [-0.3, -0.25) is 0 Å². The molecule has 3 aliphatic rings. The molecule has 13 atom stereocenters. The van der Waals surface area contributed by atoms with E-state index in [1.807, 2.05) is 0 Å². The van der Waals surface area contributed by atoms with E-state index in [0.717, 1.165) is 0 Å². The van der Waals surface area contributed by atoms with Crippen molar-refractivity contribution in [2.24, 2.45) is 0 Å². The van der Waals surface area contributed by atoms with Gasteiger partial charge in [0.15, 0.2) is 18.9 Å². The summed E-state index contributed by atoms with van der Waals surface area (Å²) in [7, 11) is 0. The van der Waals surface area contributed by atoms with Crippen molar-refractivity contribution in [2.45, 2.75) is 79.9 Å². The third-order valence-electron chi connectivity index (χ3n) is 5.33. The molecule has 30 heavy (non-hydrogen) atoms. The number of hydrogen-bond donors (Lipinski definition) is 9. The molecule has 14 heteroatoms. The first-order chi connectivity index (χ1) is 14.1. The van der Waals surface area contributed by atoms with Gasteiger partial charge in [0.1, 0.15) is 61.0 Å². The summed E-state index contributed by atoms with van der Waals surface area (Å²) in [6, 6.07) is 0. The summed E-state index contributed by atoms with van der Waals surface area (Å²) in [5.41, 5.74) is 0. The van der Waals surface area contributed by atoms with Crippen molar-refractivity contribution in [3.63, 3.8) is 0 Å². The van der Waals surface area contributed by atoms with Crippen molar-refractivity contribution >= 4 is 0 Å². The fourth-order valence-electron chi connectivity index (χ4n) is 3.44. The van der Waals surface area contributed by atoms with Crippen LogP contribution in [0, 0.1) is 0 Å². The second kappa shape index (κ2) is 9.93. The Hall–Kier alpha value is -0.560. The molecule has 3 aliphatic heterocycles. The van der Waals surface area contributed by atoms with Gasteiger partial charge in [-0.05, 0) is 0 Å². The number of ether oxygens (including phenoxy) is 5. The molecule has 0 amide bonds. The molecule has 0 unspecified atom stereocenters. The Morgan fingerprint density at radius 3 is 2.03 bits per heavy atom. The van der Waals surface area contributed by atoms with Gasteiger partial charge in [0.25, 0.3) is 0 Å². The number of hydrogen-bond acceptors (Lipinski definition) is 14. The van der Waals surface area contributed by atoms with Crippen LogP contribution in [0.5, 0.6) is 0 Å². The first-order valence-corrected chi connectivity index (χ1v) is 9.40. The van der Waals surface area contributed by atoms with E-state index in [1.165, 1.54) is 0 Å². The fraction of sp³-hybridized carbons (Fsp3) is 1.00. The smallest absolute Gasteiger partial charge is 0.187 e. The third-order valence-corrected chi connectivity index (χ3v) is 5.33. The molecule has 9 N–H and O–H groups in total. The van der Waals surface area contributed by atoms with E-state index in [4.69, 9.17) is 23.7 Å². The van der Waals surface area contributed by atoms with E-state index >= 15 is 0 Å². The Morgan fingerprint density at radius 1 is 0.667 bits per heavy atom. The van der Waals surface area contributed by atoms with Gasteiger partial charge in [0.2, 0.25) is 0 Å². The van der Waals surface area contributed by atoms with Gasteiger partial charge in [0.05, 0.1) is 19.8 Å². The lowest BCUT2D eigenvalue weighted by Crippen LogP contribution is -2.64. The average Bonchev–Trinajstić information content (AvgIpc) is 2.73. The van der Waals surface area contributed by atoms with Crippen LogP contribution in [0.2, 0.25) is 0 Å². The molecular weight excluding hydrogens is 416 g/mol. The van der Waals surface area contributed by atoms with Crippen molar-refractivity contribution in [3.05, 3.63) is 0 Å². The number of rotatable bonds is 5. The van der Waals surface area contributed by atoms with Crippen molar-refractivity contribution in [2.75, 3.05) is 19.8 Å². The molecule has 0 spiro atoms. The zero-order valence-electron chi connectivity index (χ0n) is 15.7. The van der Waals surface area contributed by atoms with Crippen LogP contribution in [0.25, 0.3) is 0 Å². The van der Waals surface area contributed by atoms with Gasteiger partial charge in [-0.15, -0.1) is 0 Å². The Labute approximate surface area is 170 Å². The minimum absolute atomic E-state index is 0.373. The zero-order chi connectivity index (χ0) is 22.2. The van der Waals surface area contributed by atoms with Crippen LogP contribution in [0.1, 0.15) is 0 Å². The zero-order valence-corrected chi connectivity index (χ0v) is 15.7. The van der Waals surface area contributed by atoms with Gasteiger partial charge in [-0.25, -0.2) is 0 Å². The van der Waals surface area contributed by atoms with Crippen LogP contribution >= 0.6 is 0 Å². The Balaban J connectivity index is 1.75. The van der Waals surface area contributed by atoms with Crippen LogP contribution in [0.3, 0.4) is 0 Å². The maximum absolute atomic E-state index is 10.5. The number of aliphatic hydroxyl groups excluding tert-OH is 9. The van der Waals surface area contributed by atoms with E-state index < -0.39 is 86.5 Å². The lowest BCUT2D eigenvalue weighted by atomic mass is 9.98. The minimum atomic E-state index is -1.72. The van der Waals surface area contributed by atoms with Crippen LogP contribution in [0.15, 0.2) is 0 Å². The van der Waals surface area contributed by atoms with E-state index in [1.54, 1.807) is 0 Å². The van der Waals surface area contributed by atoms with Crippen molar-refractivity contribution in [3.8, 4) is 0 Å². The van der Waals surface area contributed by atoms with Crippen LogP contribution in [-0.2, 0) is 23.7 Å². The Bertz CT molecular complexity index is 552. The molecule has 0 bridgehead atoms. The van der Waals surface area contributed by atoms with Crippen molar-refractivity contribution in [1.29, 1.82) is 0 Å². The SMILES string of the molecule is OC[C@H]1O[C@@H](O[C@H]2CO[C@@H](O)[C@H](O)[C@H]2O)[C@H](O[C@@H]2OC[C@@H](O)[C@H](O)[C@H]2O)[C@@H](O)[C@@H]1O. The van der Waals surface area contributed by atoms with E-state index in [2.05, 4.69) is 0 Å². The molecule has 3 heterocycles. The topological polar surface area (TPSA) is 228 Å². The van der Waals surface area contributed by atoms with Gasteiger partial charge < -0.3 is 69.6 Å². The van der Waals surface area contributed by atoms with Gasteiger partial charge in [-0.2, -0.15) is 0 Å². The van der Waals surface area contributed by atoms with Crippen molar-refractivity contribution < 1.29 is 69.6 Å². The maximum atomic E-state index is 10.5. The van der Waals surface area contributed by atoms with Crippen LogP contribution in [0.4, 0.5) is 0 Å². The normalized spacial score (nSPS) is 52.9. The summed E-state index contributed by atoms with van der Waals surface area (Å²) >= 11 is 0. The quantitative estimate of drug-likeness (QED) is 0.192. The van der Waals surface area contributed by atoms with Gasteiger partial charge in [-0.1, -0.05) is 0 Å². The highest BCUT2D eigenvalue weighted by molar-refractivity contribution is 4.93. The van der Waals surface area contributed by atoms with Gasteiger partial charge in [0, 0.05) is 0 Å². The first kappa shape index (κ1) is 24.1. The molecule has 0 aromatic rings. The molecule has 176 valence electrons. The lowest BCUT2D eigenvalue weighted by molar-refractivity contribution is -0.374. The molecule has 3 fully saturated rings. The fourth-order valence-corrected chi connectivity index (χ4v) is 3.44. The highest BCUT2D eigenvalue weighted by atomic mass is 16.8. The Morgan fingerprint density at radius 2 is 1.37 bits per heavy atom. The number of aliphatic hydroxyl groups is 9. The molecule has 0 aromatic heterocycles. The summed E-state index contributed by atoms with van der Waals surface area (Å²) in [5.74, 6) is 0.